The molecule has 19 heavy (non-hydrogen) atoms. The number of nitrogens with zero attached hydrogens (tertiary/aromatic N) is 1. The number of fused-ring (bicyclic) bond motifs is 1. The van der Waals surface area contributed by atoms with E-state index in [1.165, 1.54) is 0 Å². The van der Waals surface area contributed by atoms with Crippen LogP contribution < -0.4 is 19.7 Å². The maximum absolute atomic E-state index is 11.8. The summed E-state index contributed by atoms with van der Waals surface area (Å²) in [5.74, 6) is 1.39. The second kappa shape index (κ2) is 4.97. The molecule has 0 unspecified atom stereocenters. The van der Waals surface area contributed by atoms with Crippen LogP contribution in [0, 0.1) is 0 Å². The molecule has 6 nitrogen and oxygen atoms in total. The van der Waals surface area contributed by atoms with Crippen LogP contribution in [-0.2, 0) is 4.74 Å². The molecule has 0 saturated carbocycles. The van der Waals surface area contributed by atoms with Crippen LogP contribution in [0.3, 0.4) is 0 Å². The number of likely N-dealkylation sites (N-methyl/N-ethyl adjacent to an activating group) is 1. The molecule has 1 saturated heterocycles. The highest BCUT2D eigenvalue weighted by atomic mass is 16.6. The predicted octanol–water partition coefficient (Wildman–Crippen LogP) is 1.00. The molecule has 2 heterocycles. The van der Waals surface area contributed by atoms with E-state index >= 15 is 0 Å². The number of carbonyl (C=O) groups excluding carboxylic acids is 1. The zero-order valence-corrected chi connectivity index (χ0v) is 10.7. The van der Waals surface area contributed by atoms with E-state index in [-0.39, 0.29) is 12.2 Å². The first-order valence-electron chi connectivity index (χ1n) is 6.30. The number of benzene rings is 1. The van der Waals surface area contributed by atoms with Crippen molar-refractivity contribution in [3.8, 4) is 11.5 Å². The number of carbonyl (C=O) groups is 1. The van der Waals surface area contributed by atoms with Gasteiger partial charge in [0.25, 0.3) is 0 Å². The molecular formula is C13H16N2O4. The Labute approximate surface area is 111 Å². The van der Waals surface area contributed by atoms with Crippen LogP contribution in [0.5, 0.6) is 11.5 Å². The Kier molecular flexibility index (Phi) is 3.16. The Balaban J connectivity index is 1.80. The van der Waals surface area contributed by atoms with Gasteiger partial charge in [0.2, 0.25) is 0 Å². The fourth-order valence-electron chi connectivity index (χ4n) is 2.27. The van der Waals surface area contributed by atoms with Gasteiger partial charge in [-0.3, -0.25) is 4.90 Å². The summed E-state index contributed by atoms with van der Waals surface area (Å²) >= 11 is 0. The second-order valence-corrected chi connectivity index (χ2v) is 4.50. The van der Waals surface area contributed by atoms with E-state index < -0.39 is 0 Å². The molecule has 0 spiro atoms. The number of ether oxygens (including phenoxy) is 3. The van der Waals surface area contributed by atoms with Crippen LogP contribution >= 0.6 is 0 Å². The van der Waals surface area contributed by atoms with Gasteiger partial charge < -0.3 is 19.5 Å². The van der Waals surface area contributed by atoms with Crippen molar-refractivity contribution in [2.75, 3.05) is 38.3 Å². The molecule has 0 aromatic heterocycles. The number of cyclic esters (lactones) is 1. The van der Waals surface area contributed by atoms with Crippen LogP contribution in [0.2, 0.25) is 0 Å². The number of hydrogen-bond donors (Lipinski definition) is 1. The Bertz CT molecular complexity index is 492. The van der Waals surface area contributed by atoms with E-state index in [1.807, 2.05) is 25.2 Å². The smallest absolute Gasteiger partial charge is 0.414 e. The summed E-state index contributed by atoms with van der Waals surface area (Å²) in [6.07, 6.45) is -0.442. The molecule has 1 fully saturated rings. The predicted molar refractivity (Wildman–Crippen MR) is 69.0 cm³/mol. The zero-order chi connectivity index (χ0) is 13.2. The first-order chi connectivity index (χ1) is 9.28. The maximum Gasteiger partial charge on any atom is 0.414 e. The van der Waals surface area contributed by atoms with Gasteiger partial charge in [0.05, 0.1) is 12.2 Å². The van der Waals surface area contributed by atoms with Crippen molar-refractivity contribution in [1.82, 2.24) is 5.32 Å². The molecule has 2 aliphatic rings. The lowest BCUT2D eigenvalue weighted by molar-refractivity contribution is 0.141. The van der Waals surface area contributed by atoms with Gasteiger partial charge in [0.15, 0.2) is 11.5 Å². The minimum Gasteiger partial charge on any atom is -0.486 e. The van der Waals surface area contributed by atoms with Crippen molar-refractivity contribution < 1.29 is 19.0 Å². The average Bonchev–Trinajstić information content (AvgIpc) is 2.79. The third-order valence-corrected chi connectivity index (χ3v) is 3.14. The van der Waals surface area contributed by atoms with E-state index in [1.54, 1.807) is 4.90 Å². The number of anilines is 1. The Hall–Kier alpha value is -1.95. The minimum atomic E-state index is -0.322. The Morgan fingerprint density at radius 3 is 2.89 bits per heavy atom. The van der Waals surface area contributed by atoms with Crippen LogP contribution in [-0.4, -0.2) is 45.5 Å². The molecule has 1 aromatic rings. The van der Waals surface area contributed by atoms with Gasteiger partial charge >= 0.3 is 6.09 Å². The van der Waals surface area contributed by atoms with E-state index in [0.717, 1.165) is 5.69 Å². The lowest BCUT2D eigenvalue weighted by atomic mass is 10.2. The van der Waals surface area contributed by atoms with Gasteiger partial charge in [-0.2, -0.15) is 0 Å². The van der Waals surface area contributed by atoms with E-state index in [2.05, 4.69) is 5.32 Å². The van der Waals surface area contributed by atoms with Crippen LogP contribution in [0.4, 0.5) is 10.5 Å². The van der Waals surface area contributed by atoms with Crippen molar-refractivity contribution in [3.63, 3.8) is 0 Å². The molecule has 0 radical (unpaired) electrons. The highest BCUT2D eigenvalue weighted by Gasteiger charge is 2.32. The quantitative estimate of drug-likeness (QED) is 0.882. The fourth-order valence-corrected chi connectivity index (χ4v) is 2.27. The number of rotatable bonds is 3. The molecule has 1 amide bonds. The summed E-state index contributed by atoms with van der Waals surface area (Å²) in [4.78, 5) is 13.4. The summed E-state index contributed by atoms with van der Waals surface area (Å²) in [5, 5.41) is 3.00. The van der Waals surface area contributed by atoms with Crippen LogP contribution in [0.1, 0.15) is 0 Å². The summed E-state index contributed by atoms with van der Waals surface area (Å²) < 4.78 is 16.2. The monoisotopic (exact) mass is 264 g/mol. The minimum absolute atomic E-state index is 0.120. The number of nitrogens with one attached hydrogen (secondary N) is 1. The molecule has 102 valence electrons. The van der Waals surface area contributed by atoms with Gasteiger partial charge in [-0.1, -0.05) is 0 Å². The van der Waals surface area contributed by atoms with Gasteiger partial charge in [0, 0.05) is 12.6 Å². The summed E-state index contributed by atoms with van der Waals surface area (Å²) in [6.45, 7) is 2.28. The fraction of sp³-hybridized carbons (Fsp3) is 0.462. The van der Waals surface area contributed by atoms with Crippen LogP contribution in [0.15, 0.2) is 18.2 Å². The van der Waals surface area contributed by atoms with Gasteiger partial charge in [-0.25, -0.2) is 4.79 Å². The highest BCUT2D eigenvalue weighted by Crippen LogP contribution is 2.35. The average molecular weight is 264 g/mol. The summed E-state index contributed by atoms with van der Waals surface area (Å²) in [6, 6.07) is 5.48. The second-order valence-electron chi connectivity index (χ2n) is 4.50. The topological polar surface area (TPSA) is 60.0 Å². The van der Waals surface area contributed by atoms with Crippen molar-refractivity contribution in [3.05, 3.63) is 18.2 Å². The Morgan fingerprint density at radius 2 is 2.11 bits per heavy atom. The van der Waals surface area contributed by atoms with E-state index in [0.29, 0.717) is 37.8 Å². The first kappa shape index (κ1) is 12.1. The molecule has 1 atom stereocenters. The van der Waals surface area contributed by atoms with Crippen molar-refractivity contribution in [2.45, 2.75) is 6.10 Å². The number of hydrogen-bond acceptors (Lipinski definition) is 5. The van der Waals surface area contributed by atoms with Gasteiger partial charge in [0.1, 0.15) is 19.3 Å². The molecule has 6 heteroatoms. The van der Waals surface area contributed by atoms with E-state index in [4.69, 9.17) is 14.2 Å². The van der Waals surface area contributed by atoms with Crippen molar-refractivity contribution in [2.24, 2.45) is 0 Å². The van der Waals surface area contributed by atoms with Crippen molar-refractivity contribution in [1.29, 1.82) is 0 Å². The molecule has 2 aliphatic heterocycles. The lowest BCUT2D eigenvalue weighted by Crippen LogP contribution is -2.29. The van der Waals surface area contributed by atoms with Gasteiger partial charge in [-0.15, -0.1) is 0 Å². The third kappa shape index (κ3) is 2.31. The number of amides is 1. The normalized spacial score (nSPS) is 21.4. The third-order valence-electron chi connectivity index (χ3n) is 3.14. The molecule has 0 bridgehead atoms. The van der Waals surface area contributed by atoms with Crippen molar-refractivity contribution >= 4 is 11.8 Å². The lowest BCUT2D eigenvalue weighted by Gasteiger charge is -2.20. The Morgan fingerprint density at radius 1 is 1.32 bits per heavy atom. The SMILES string of the molecule is CNC[C@H]1CN(c2ccc3c(c2)OCCO3)C(=O)O1. The molecular weight excluding hydrogens is 248 g/mol. The van der Waals surface area contributed by atoms with Gasteiger partial charge in [-0.05, 0) is 19.2 Å². The highest BCUT2D eigenvalue weighted by molar-refractivity contribution is 5.90. The van der Waals surface area contributed by atoms with Crippen LogP contribution in [0.25, 0.3) is 0 Å². The summed E-state index contributed by atoms with van der Waals surface area (Å²) in [5.41, 5.74) is 0.771. The maximum atomic E-state index is 11.8. The summed E-state index contributed by atoms with van der Waals surface area (Å²) in [7, 11) is 1.83. The molecule has 1 aromatic carbocycles. The zero-order valence-electron chi connectivity index (χ0n) is 10.7. The molecule has 3 rings (SSSR count). The standard InChI is InChI=1S/C13H16N2O4/c1-14-7-10-8-15(13(16)19-10)9-2-3-11-12(6-9)18-5-4-17-11/h2-3,6,10,14H,4-5,7-8H2,1H3/t10-/m0/s1. The van der Waals surface area contributed by atoms with E-state index in [9.17, 15) is 4.79 Å². The molecule has 0 aliphatic carbocycles. The molecule has 1 N–H and O–H groups in total. The first-order valence-corrected chi connectivity index (χ1v) is 6.30. The largest absolute Gasteiger partial charge is 0.486 e.